The highest BCUT2D eigenvalue weighted by atomic mass is 35.5. The van der Waals surface area contributed by atoms with Crippen LogP contribution in [0.25, 0.3) is 0 Å². The van der Waals surface area contributed by atoms with E-state index in [0.29, 0.717) is 0 Å². The lowest BCUT2D eigenvalue weighted by Crippen LogP contribution is -2.28. The van der Waals surface area contributed by atoms with Gasteiger partial charge >= 0.3 is 0 Å². The van der Waals surface area contributed by atoms with Gasteiger partial charge in [0.25, 0.3) is 0 Å². The summed E-state index contributed by atoms with van der Waals surface area (Å²) in [6.45, 7) is 0.193. The van der Waals surface area contributed by atoms with Crippen molar-refractivity contribution in [2.75, 3.05) is 24.3 Å². The van der Waals surface area contributed by atoms with Crippen molar-refractivity contribution in [3.63, 3.8) is 0 Å². The van der Waals surface area contributed by atoms with Crippen molar-refractivity contribution >= 4 is 33.3 Å². The van der Waals surface area contributed by atoms with E-state index in [2.05, 4.69) is 9.97 Å². The van der Waals surface area contributed by atoms with E-state index in [4.69, 9.17) is 21.5 Å². The number of carbonyl (C=O) groups excluding carboxylic acids is 1. The van der Waals surface area contributed by atoms with Crippen LogP contribution in [0.1, 0.15) is 6.42 Å². The van der Waals surface area contributed by atoms with Gasteiger partial charge < -0.3 is 4.74 Å². The van der Waals surface area contributed by atoms with Crippen LogP contribution in [0, 0.1) is 5.92 Å². The van der Waals surface area contributed by atoms with Crippen LogP contribution >= 0.6 is 11.6 Å². The lowest BCUT2D eigenvalue weighted by molar-refractivity contribution is -0.117. The van der Waals surface area contributed by atoms with Crippen LogP contribution in [0.4, 0.5) is 5.82 Å². The molecule has 2 heterocycles. The molecule has 1 aromatic rings. The lowest BCUT2D eigenvalue weighted by Gasteiger charge is -2.18. The van der Waals surface area contributed by atoms with Crippen LogP contribution in [-0.4, -0.2) is 43.7 Å². The van der Waals surface area contributed by atoms with Crippen LogP contribution < -0.4 is 14.8 Å². The van der Waals surface area contributed by atoms with Gasteiger partial charge in [0.2, 0.25) is 15.9 Å². The molecule has 20 heavy (non-hydrogen) atoms. The molecule has 0 radical (unpaired) electrons. The molecule has 0 aliphatic carbocycles. The number of hydrogen-bond donors (Lipinski definition) is 1. The summed E-state index contributed by atoms with van der Waals surface area (Å²) in [5, 5.41) is 5.08. The zero-order chi connectivity index (χ0) is 14.9. The number of amides is 1. The van der Waals surface area contributed by atoms with Crippen LogP contribution in [-0.2, 0) is 14.8 Å². The molecule has 1 fully saturated rings. The molecule has 10 heteroatoms. The zero-order valence-electron chi connectivity index (χ0n) is 10.6. The molecule has 0 spiro atoms. The Kier molecular flexibility index (Phi) is 4.11. The maximum atomic E-state index is 12.0. The minimum atomic E-state index is -3.63. The average Bonchev–Trinajstić information content (AvgIpc) is 2.67. The molecule has 2 rings (SSSR count). The number of nitrogens with zero attached hydrogens (tertiary/aromatic N) is 3. The first-order chi connectivity index (χ1) is 9.31. The molecule has 0 saturated carbocycles. The smallest absolute Gasteiger partial charge is 0.228 e. The Balaban J connectivity index is 2.27. The number of halogens is 1. The van der Waals surface area contributed by atoms with Gasteiger partial charge in [-0.1, -0.05) is 11.6 Å². The van der Waals surface area contributed by atoms with Crippen molar-refractivity contribution in [3.05, 3.63) is 11.5 Å². The second kappa shape index (κ2) is 5.51. The minimum Gasteiger partial charge on any atom is -0.490 e. The maximum absolute atomic E-state index is 12.0. The average molecular weight is 321 g/mol. The summed E-state index contributed by atoms with van der Waals surface area (Å²) in [6.07, 6.45) is 1.29. The summed E-state index contributed by atoms with van der Waals surface area (Å²) in [4.78, 5) is 21.1. The quantitative estimate of drug-likeness (QED) is 0.767. The van der Waals surface area contributed by atoms with Crippen molar-refractivity contribution in [3.8, 4) is 5.75 Å². The molecule has 0 bridgehead atoms. The van der Waals surface area contributed by atoms with E-state index < -0.39 is 10.0 Å². The summed E-state index contributed by atoms with van der Waals surface area (Å²) in [6, 6.07) is 0. The van der Waals surface area contributed by atoms with E-state index in [1.165, 1.54) is 18.3 Å². The number of rotatable bonds is 4. The third kappa shape index (κ3) is 3.17. The third-order valence-corrected chi connectivity index (χ3v) is 4.08. The molecule has 110 valence electrons. The fourth-order valence-corrected chi connectivity index (χ4v) is 3.22. The number of methoxy groups -OCH3 is 1. The summed E-state index contributed by atoms with van der Waals surface area (Å²) < 4.78 is 27.3. The van der Waals surface area contributed by atoms with Gasteiger partial charge in [-0.2, -0.15) is 0 Å². The van der Waals surface area contributed by atoms with E-state index in [0.717, 1.165) is 0 Å². The second-order valence-corrected chi connectivity index (χ2v) is 6.44. The predicted molar refractivity (Wildman–Crippen MR) is 72.0 cm³/mol. The molecular weight excluding hydrogens is 308 g/mol. The number of anilines is 1. The first-order valence-electron chi connectivity index (χ1n) is 5.67. The molecular formula is C10H13ClN4O4S. The Hall–Kier alpha value is -1.45. The van der Waals surface area contributed by atoms with Crippen molar-refractivity contribution < 1.29 is 17.9 Å². The Morgan fingerprint density at radius 1 is 1.55 bits per heavy atom. The van der Waals surface area contributed by atoms with Crippen LogP contribution in [0.5, 0.6) is 5.75 Å². The van der Waals surface area contributed by atoms with Gasteiger partial charge in [0.1, 0.15) is 6.33 Å². The van der Waals surface area contributed by atoms with Gasteiger partial charge in [0.05, 0.1) is 12.9 Å². The van der Waals surface area contributed by atoms with Gasteiger partial charge in [-0.3, -0.25) is 9.69 Å². The minimum absolute atomic E-state index is 0.0835. The molecule has 8 nitrogen and oxygen atoms in total. The number of sulfonamides is 1. The van der Waals surface area contributed by atoms with Gasteiger partial charge in [-0.05, 0) is 0 Å². The third-order valence-electron chi connectivity index (χ3n) is 2.87. The fraction of sp³-hybridized carbons (Fsp3) is 0.500. The predicted octanol–water partition coefficient (Wildman–Crippen LogP) is -0.220. The topological polar surface area (TPSA) is 115 Å². The molecule has 1 amide bonds. The molecule has 1 saturated heterocycles. The summed E-state index contributed by atoms with van der Waals surface area (Å²) in [7, 11) is -2.24. The molecule has 0 aromatic carbocycles. The maximum Gasteiger partial charge on any atom is 0.228 e. The summed E-state index contributed by atoms with van der Waals surface area (Å²) >= 11 is 5.87. The molecule has 1 atom stereocenters. The van der Waals surface area contributed by atoms with E-state index in [9.17, 15) is 13.2 Å². The Morgan fingerprint density at radius 3 is 2.85 bits per heavy atom. The Labute approximate surface area is 120 Å². The van der Waals surface area contributed by atoms with E-state index >= 15 is 0 Å². The Bertz CT molecular complexity index is 636. The van der Waals surface area contributed by atoms with Crippen LogP contribution in [0.15, 0.2) is 6.33 Å². The SMILES string of the molecule is COc1c(Cl)ncnc1N1CC(CS(N)(=O)=O)CC1=O. The fourth-order valence-electron chi connectivity index (χ4n) is 2.14. The molecule has 2 N–H and O–H groups in total. The first kappa shape index (κ1) is 14.9. The van der Waals surface area contributed by atoms with Gasteiger partial charge in [-0.25, -0.2) is 23.5 Å². The summed E-state index contributed by atoms with van der Waals surface area (Å²) in [5.74, 6) is -0.480. The number of nitrogens with two attached hydrogens (primary N) is 1. The number of ether oxygens (including phenoxy) is 1. The number of carbonyl (C=O) groups is 1. The molecule has 1 aliphatic heterocycles. The normalized spacial score (nSPS) is 19.4. The van der Waals surface area contributed by atoms with Gasteiger partial charge in [0.15, 0.2) is 16.7 Å². The zero-order valence-corrected chi connectivity index (χ0v) is 12.2. The number of hydrogen-bond acceptors (Lipinski definition) is 6. The van der Waals surface area contributed by atoms with E-state index in [1.54, 1.807) is 0 Å². The number of primary sulfonamides is 1. The standard InChI is InChI=1S/C10H13ClN4O4S/c1-19-8-9(11)13-5-14-10(8)15-3-6(2-7(15)16)4-20(12,17)18/h5-6H,2-4H2,1H3,(H2,12,17,18). The lowest BCUT2D eigenvalue weighted by atomic mass is 10.1. The van der Waals surface area contributed by atoms with Crippen molar-refractivity contribution in [2.45, 2.75) is 6.42 Å². The van der Waals surface area contributed by atoms with Crippen LogP contribution in [0.3, 0.4) is 0 Å². The second-order valence-electron chi connectivity index (χ2n) is 4.43. The first-order valence-corrected chi connectivity index (χ1v) is 7.76. The van der Waals surface area contributed by atoms with Crippen molar-refractivity contribution in [2.24, 2.45) is 11.1 Å². The Morgan fingerprint density at radius 2 is 2.25 bits per heavy atom. The van der Waals surface area contributed by atoms with Crippen molar-refractivity contribution in [1.82, 2.24) is 9.97 Å². The highest BCUT2D eigenvalue weighted by Gasteiger charge is 2.35. The van der Waals surface area contributed by atoms with E-state index in [1.807, 2.05) is 0 Å². The molecule has 1 aromatic heterocycles. The number of aromatic nitrogens is 2. The molecule has 1 unspecified atom stereocenters. The van der Waals surface area contributed by atoms with Crippen LogP contribution in [0.2, 0.25) is 5.15 Å². The highest BCUT2D eigenvalue weighted by Crippen LogP contribution is 2.34. The summed E-state index contributed by atoms with van der Waals surface area (Å²) in [5.41, 5.74) is 0. The van der Waals surface area contributed by atoms with Crippen molar-refractivity contribution in [1.29, 1.82) is 0 Å². The largest absolute Gasteiger partial charge is 0.490 e. The molecule has 1 aliphatic rings. The van der Waals surface area contributed by atoms with Gasteiger partial charge in [-0.15, -0.1) is 0 Å². The highest BCUT2D eigenvalue weighted by molar-refractivity contribution is 7.89. The van der Waals surface area contributed by atoms with E-state index in [-0.39, 0.29) is 47.3 Å². The monoisotopic (exact) mass is 320 g/mol. The van der Waals surface area contributed by atoms with Gasteiger partial charge in [0, 0.05) is 18.9 Å².